The molecule has 1 amide bonds. The van der Waals surface area contributed by atoms with Crippen LogP contribution in [0.1, 0.15) is 51.2 Å². The number of nitriles is 1. The van der Waals surface area contributed by atoms with Crippen molar-refractivity contribution in [1.29, 1.82) is 5.26 Å². The molecule has 32 heavy (non-hydrogen) atoms. The summed E-state index contributed by atoms with van der Waals surface area (Å²) in [4.78, 5) is 24.4. The fraction of sp³-hybridized carbons (Fsp3) is 0.318. The number of hydrogen-bond acceptors (Lipinski definition) is 8. The summed E-state index contributed by atoms with van der Waals surface area (Å²) >= 11 is 1.44. The molecule has 1 aromatic carbocycles. The summed E-state index contributed by atoms with van der Waals surface area (Å²) in [5.41, 5.74) is 2.06. The number of non-ortho nitro benzene ring substituents is 1. The molecule has 0 spiro atoms. The number of carbonyl (C=O) groups excluding carboxylic acids is 1. The minimum atomic E-state index is -0.491. The first-order chi connectivity index (χ1) is 15.4. The van der Waals surface area contributed by atoms with Crippen LogP contribution in [0.3, 0.4) is 0 Å². The standard InChI is InChI=1S/C22H20N4O5S/c1-12-3-8-16-17(10-23)22(32-19(16)9-12)24-21(27)20-18(13(2)31-25-20)11-30-15-6-4-14(5-7-15)26(28)29/h4-7,12H,3,8-9,11H2,1-2H3,(H,24,27)/t12-/m1/s1. The Labute approximate surface area is 187 Å². The first-order valence-corrected chi connectivity index (χ1v) is 10.9. The second kappa shape index (κ2) is 8.80. The molecule has 3 aromatic rings. The van der Waals surface area contributed by atoms with E-state index in [1.54, 1.807) is 6.92 Å². The van der Waals surface area contributed by atoms with E-state index in [0.29, 0.717) is 33.6 Å². The molecule has 2 heterocycles. The van der Waals surface area contributed by atoms with Gasteiger partial charge < -0.3 is 14.6 Å². The molecule has 1 atom stereocenters. The third kappa shape index (κ3) is 4.20. The van der Waals surface area contributed by atoms with Crippen LogP contribution in [0.25, 0.3) is 0 Å². The van der Waals surface area contributed by atoms with E-state index in [1.807, 2.05) is 0 Å². The van der Waals surface area contributed by atoms with Gasteiger partial charge in [-0.3, -0.25) is 14.9 Å². The molecule has 164 valence electrons. The van der Waals surface area contributed by atoms with Crippen LogP contribution in [0.4, 0.5) is 10.7 Å². The molecule has 2 aromatic heterocycles. The van der Waals surface area contributed by atoms with Gasteiger partial charge in [-0.1, -0.05) is 12.1 Å². The van der Waals surface area contributed by atoms with E-state index in [9.17, 15) is 20.2 Å². The molecule has 1 N–H and O–H groups in total. The Morgan fingerprint density at radius 1 is 1.44 bits per heavy atom. The van der Waals surface area contributed by atoms with Crippen LogP contribution in [0, 0.1) is 34.3 Å². The Hall–Kier alpha value is -3.71. The number of nitrogens with one attached hydrogen (secondary N) is 1. The number of nitro groups is 1. The number of aryl methyl sites for hydroxylation is 1. The molecule has 0 saturated heterocycles. The summed E-state index contributed by atoms with van der Waals surface area (Å²) in [6, 6.07) is 7.88. The molecular formula is C22H20N4O5S. The van der Waals surface area contributed by atoms with Crippen LogP contribution in [0.15, 0.2) is 28.8 Å². The van der Waals surface area contributed by atoms with E-state index in [2.05, 4.69) is 23.5 Å². The number of carbonyl (C=O) groups is 1. The fourth-order valence-electron chi connectivity index (χ4n) is 3.68. The van der Waals surface area contributed by atoms with Crippen molar-refractivity contribution in [2.75, 3.05) is 5.32 Å². The average Bonchev–Trinajstić information content (AvgIpc) is 3.31. The zero-order valence-corrected chi connectivity index (χ0v) is 18.3. The molecule has 10 heteroatoms. The highest BCUT2D eigenvalue weighted by Gasteiger charge is 2.27. The lowest BCUT2D eigenvalue weighted by Crippen LogP contribution is -2.15. The van der Waals surface area contributed by atoms with Crippen molar-refractivity contribution in [3.05, 3.63) is 67.4 Å². The molecule has 4 rings (SSSR count). The van der Waals surface area contributed by atoms with Crippen LogP contribution < -0.4 is 10.1 Å². The number of nitro benzene ring substituents is 1. The molecule has 0 fully saturated rings. The maximum Gasteiger partial charge on any atom is 0.278 e. The van der Waals surface area contributed by atoms with Gasteiger partial charge in [0.1, 0.15) is 29.2 Å². The first kappa shape index (κ1) is 21.5. The van der Waals surface area contributed by atoms with Gasteiger partial charge in [0.25, 0.3) is 11.6 Å². The maximum absolute atomic E-state index is 13.0. The Bertz CT molecular complexity index is 1220. The summed E-state index contributed by atoms with van der Waals surface area (Å²) in [5.74, 6) is 0.913. The third-order valence-corrected chi connectivity index (χ3v) is 6.65. The van der Waals surface area contributed by atoms with Gasteiger partial charge in [0.2, 0.25) is 0 Å². The predicted octanol–water partition coefficient (Wildman–Crippen LogP) is 4.78. The minimum absolute atomic E-state index is 0.000536. The van der Waals surface area contributed by atoms with Crippen molar-refractivity contribution in [3.63, 3.8) is 0 Å². The summed E-state index contributed by atoms with van der Waals surface area (Å²) in [5, 5.41) is 27.7. The normalized spacial score (nSPS) is 15.0. The van der Waals surface area contributed by atoms with Crippen LogP contribution in [0.5, 0.6) is 5.75 Å². The van der Waals surface area contributed by atoms with Crippen molar-refractivity contribution < 1.29 is 19.0 Å². The summed E-state index contributed by atoms with van der Waals surface area (Å²) in [7, 11) is 0. The maximum atomic E-state index is 13.0. The highest BCUT2D eigenvalue weighted by atomic mass is 32.1. The second-order valence-electron chi connectivity index (χ2n) is 7.73. The van der Waals surface area contributed by atoms with Crippen molar-refractivity contribution in [3.8, 4) is 11.8 Å². The summed E-state index contributed by atoms with van der Waals surface area (Å²) < 4.78 is 10.9. The van der Waals surface area contributed by atoms with Crippen LogP contribution in [-0.4, -0.2) is 16.0 Å². The lowest BCUT2D eigenvalue weighted by atomic mass is 9.88. The molecule has 0 bridgehead atoms. The van der Waals surface area contributed by atoms with E-state index >= 15 is 0 Å². The Morgan fingerprint density at radius 2 is 2.19 bits per heavy atom. The molecule has 0 radical (unpaired) electrons. The predicted molar refractivity (Wildman–Crippen MR) is 117 cm³/mol. The van der Waals surface area contributed by atoms with Gasteiger partial charge >= 0.3 is 0 Å². The zero-order chi connectivity index (χ0) is 22.8. The number of ether oxygens (including phenoxy) is 1. The number of amides is 1. The number of anilines is 1. The lowest BCUT2D eigenvalue weighted by molar-refractivity contribution is -0.384. The van der Waals surface area contributed by atoms with Gasteiger partial charge in [-0.05, 0) is 49.8 Å². The topological polar surface area (TPSA) is 131 Å². The van der Waals surface area contributed by atoms with E-state index in [-0.39, 0.29) is 18.0 Å². The monoisotopic (exact) mass is 452 g/mol. The highest BCUT2D eigenvalue weighted by Crippen LogP contribution is 2.39. The molecular weight excluding hydrogens is 432 g/mol. The number of thiophene rings is 1. The molecule has 0 unspecified atom stereocenters. The fourth-order valence-corrected chi connectivity index (χ4v) is 5.03. The van der Waals surface area contributed by atoms with E-state index in [0.717, 1.165) is 29.7 Å². The molecule has 1 aliphatic carbocycles. The minimum Gasteiger partial charge on any atom is -0.489 e. The SMILES string of the molecule is Cc1onc(C(=O)Nc2sc3c(c2C#N)CC[C@@H](C)C3)c1COc1ccc([N+](=O)[O-])cc1. The molecule has 0 aliphatic heterocycles. The Balaban J connectivity index is 1.51. The van der Waals surface area contributed by atoms with Gasteiger partial charge in [-0.15, -0.1) is 11.3 Å². The van der Waals surface area contributed by atoms with Gasteiger partial charge in [-0.25, -0.2) is 0 Å². The molecule has 0 saturated carbocycles. The number of nitrogens with zero attached hydrogens (tertiary/aromatic N) is 3. The van der Waals surface area contributed by atoms with Crippen LogP contribution in [0.2, 0.25) is 0 Å². The Kier molecular flexibility index (Phi) is 5.92. The average molecular weight is 452 g/mol. The molecule has 1 aliphatic rings. The van der Waals surface area contributed by atoms with E-state index in [4.69, 9.17) is 9.26 Å². The van der Waals surface area contributed by atoms with Crippen LogP contribution in [-0.2, 0) is 19.4 Å². The van der Waals surface area contributed by atoms with E-state index < -0.39 is 10.8 Å². The highest BCUT2D eigenvalue weighted by molar-refractivity contribution is 7.16. The second-order valence-corrected chi connectivity index (χ2v) is 8.83. The van der Waals surface area contributed by atoms with Gasteiger partial charge in [-0.2, -0.15) is 5.26 Å². The summed E-state index contributed by atoms with van der Waals surface area (Å²) in [6.45, 7) is 3.85. The van der Waals surface area contributed by atoms with Gasteiger partial charge in [0, 0.05) is 17.0 Å². The number of rotatable bonds is 6. The number of hydrogen-bond donors (Lipinski definition) is 1. The van der Waals surface area contributed by atoms with Crippen molar-refractivity contribution in [2.45, 2.75) is 39.7 Å². The largest absolute Gasteiger partial charge is 0.489 e. The Morgan fingerprint density at radius 3 is 2.88 bits per heavy atom. The van der Waals surface area contributed by atoms with Crippen molar-refractivity contribution >= 4 is 27.9 Å². The zero-order valence-electron chi connectivity index (χ0n) is 17.5. The van der Waals surface area contributed by atoms with Crippen LogP contribution >= 0.6 is 11.3 Å². The van der Waals surface area contributed by atoms with E-state index in [1.165, 1.54) is 35.6 Å². The van der Waals surface area contributed by atoms with Crippen molar-refractivity contribution in [1.82, 2.24) is 5.16 Å². The van der Waals surface area contributed by atoms with Gasteiger partial charge in [0.15, 0.2) is 5.69 Å². The number of fused-ring (bicyclic) bond motifs is 1. The van der Waals surface area contributed by atoms with Crippen molar-refractivity contribution in [2.24, 2.45) is 5.92 Å². The van der Waals surface area contributed by atoms with Gasteiger partial charge in [0.05, 0.1) is 16.1 Å². The lowest BCUT2D eigenvalue weighted by Gasteiger charge is -2.17. The molecule has 9 nitrogen and oxygen atoms in total. The number of benzene rings is 1. The smallest absolute Gasteiger partial charge is 0.278 e. The number of aromatic nitrogens is 1. The first-order valence-electron chi connectivity index (χ1n) is 10.1. The third-order valence-electron chi connectivity index (χ3n) is 5.48. The quantitative estimate of drug-likeness (QED) is 0.420. The summed E-state index contributed by atoms with van der Waals surface area (Å²) in [6.07, 6.45) is 2.77.